The summed E-state index contributed by atoms with van der Waals surface area (Å²) in [4.78, 5) is 12.9. The molecule has 2 N–H and O–H groups in total. The predicted octanol–water partition coefficient (Wildman–Crippen LogP) is 1.35. The van der Waals surface area contributed by atoms with E-state index in [1.807, 2.05) is 0 Å². The van der Waals surface area contributed by atoms with E-state index in [0.717, 1.165) is 4.90 Å². The molecular formula is C11H14F2N2O. The van der Waals surface area contributed by atoms with Gasteiger partial charge in [0.15, 0.2) is 0 Å². The van der Waals surface area contributed by atoms with Gasteiger partial charge in [0.1, 0.15) is 0 Å². The number of hydrogen-bond donors (Lipinski definition) is 1. The molecule has 1 aromatic rings. The van der Waals surface area contributed by atoms with Gasteiger partial charge in [-0.3, -0.25) is 4.79 Å². The first kappa shape index (κ1) is 12.6. The fraction of sp³-hybridized carbons (Fsp3) is 0.364. The summed E-state index contributed by atoms with van der Waals surface area (Å²) in [6.45, 7) is -0.270. The molecular weight excluding hydrogens is 214 g/mol. The maximum Gasteiger partial charge on any atom is 0.255 e. The third-order valence-corrected chi connectivity index (χ3v) is 2.07. The van der Waals surface area contributed by atoms with Crippen LogP contribution < -0.4 is 5.73 Å². The van der Waals surface area contributed by atoms with Crippen molar-refractivity contribution in [1.82, 2.24) is 4.90 Å². The van der Waals surface area contributed by atoms with Gasteiger partial charge in [-0.15, -0.1) is 0 Å². The van der Waals surface area contributed by atoms with Gasteiger partial charge in [-0.1, -0.05) is 18.2 Å². The minimum atomic E-state index is -2.54. The lowest BCUT2D eigenvalue weighted by molar-refractivity contribution is 0.0563. The number of rotatable bonds is 5. The topological polar surface area (TPSA) is 46.3 Å². The van der Waals surface area contributed by atoms with Crippen LogP contribution in [0.5, 0.6) is 0 Å². The molecule has 0 aliphatic carbocycles. The Kier molecular flexibility index (Phi) is 4.85. The van der Waals surface area contributed by atoms with Crippen LogP contribution >= 0.6 is 0 Å². The highest BCUT2D eigenvalue weighted by Crippen LogP contribution is 2.06. The van der Waals surface area contributed by atoms with Crippen molar-refractivity contribution in [3.05, 3.63) is 35.9 Å². The standard InChI is InChI=1S/C11H14F2N2O/c12-10(13)8-15(7-6-14)11(16)9-4-2-1-3-5-9/h1-5,10H,6-8,14H2. The van der Waals surface area contributed by atoms with Gasteiger partial charge in [-0.2, -0.15) is 0 Å². The molecule has 1 aromatic carbocycles. The van der Waals surface area contributed by atoms with E-state index in [2.05, 4.69) is 0 Å². The first-order chi connectivity index (χ1) is 7.65. The highest BCUT2D eigenvalue weighted by Gasteiger charge is 2.18. The number of nitrogens with two attached hydrogens (primary N) is 1. The van der Waals surface area contributed by atoms with E-state index in [4.69, 9.17) is 5.73 Å². The molecule has 3 nitrogen and oxygen atoms in total. The van der Waals surface area contributed by atoms with Crippen molar-refractivity contribution in [3.8, 4) is 0 Å². The molecule has 1 amide bonds. The van der Waals surface area contributed by atoms with E-state index in [9.17, 15) is 13.6 Å². The number of carbonyl (C=O) groups is 1. The minimum absolute atomic E-state index is 0.137. The van der Waals surface area contributed by atoms with E-state index in [1.165, 1.54) is 0 Å². The molecule has 0 bridgehead atoms. The SMILES string of the molecule is NCCN(CC(F)F)C(=O)c1ccccc1. The van der Waals surface area contributed by atoms with Crippen LogP contribution in [0.4, 0.5) is 8.78 Å². The van der Waals surface area contributed by atoms with Crippen LogP contribution in [0.1, 0.15) is 10.4 Å². The third-order valence-electron chi connectivity index (χ3n) is 2.07. The number of hydrogen-bond acceptors (Lipinski definition) is 2. The van der Waals surface area contributed by atoms with Crippen LogP contribution in [0.2, 0.25) is 0 Å². The zero-order chi connectivity index (χ0) is 12.0. The van der Waals surface area contributed by atoms with Crippen LogP contribution in [0.15, 0.2) is 30.3 Å². The van der Waals surface area contributed by atoms with Crippen molar-refractivity contribution in [1.29, 1.82) is 0 Å². The van der Waals surface area contributed by atoms with Crippen molar-refractivity contribution in [2.45, 2.75) is 6.43 Å². The Balaban J connectivity index is 2.74. The quantitative estimate of drug-likeness (QED) is 0.827. The Labute approximate surface area is 92.8 Å². The molecule has 88 valence electrons. The molecule has 16 heavy (non-hydrogen) atoms. The smallest absolute Gasteiger partial charge is 0.255 e. The lowest BCUT2D eigenvalue weighted by Gasteiger charge is -2.21. The summed E-state index contributed by atoms with van der Waals surface area (Å²) in [6.07, 6.45) is -2.54. The van der Waals surface area contributed by atoms with E-state index in [-0.39, 0.29) is 13.1 Å². The summed E-state index contributed by atoms with van der Waals surface area (Å²) in [7, 11) is 0. The summed E-state index contributed by atoms with van der Waals surface area (Å²) < 4.78 is 24.5. The maximum atomic E-state index is 12.2. The Morgan fingerprint density at radius 2 is 1.94 bits per heavy atom. The minimum Gasteiger partial charge on any atom is -0.332 e. The summed E-state index contributed by atoms with van der Waals surface area (Å²) in [6, 6.07) is 8.33. The number of amides is 1. The summed E-state index contributed by atoms with van der Waals surface area (Å²) in [5.41, 5.74) is 5.68. The fourth-order valence-electron chi connectivity index (χ4n) is 1.36. The first-order valence-corrected chi connectivity index (χ1v) is 4.97. The number of nitrogens with zero attached hydrogens (tertiary/aromatic N) is 1. The second-order valence-corrected chi connectivity index (χ2v) is 3.30. The van der Waals surface area contributed by atoms with Crippen molar-refractivity contribution < 1.29 is 13.6 Å². The van der Waals surface area contributed by atoms with Crippen LogP contribution in [0.3, 0.4) is 0 Å². The van der Waals surface area contributed by atoms with E-state index < -0.39 is 18.9 Å². The van der Waals surface area contributed by atoms with Crippen LogP contribution in [0.25, 0.3) is 0 Å². The molecule has 0 saturated heterocycles. The van der Waals surface area contributed by atoms with Gasteiger partial charge >= 0.3 is 0 Å². The second kappa shape index (κ2) is 6.17. The normalized spacial score (nSPS) is 10.5. The van der Waals surface area contributed by atoms with Gasteiger partial charge in [0.05, 0.1) is 6.54 Å². The number of benzene rings is 1. The molecule has 0 aromatic heterocycles. The molecule has 0 atom stereocenters. The van der Waals surface area contributed by atoms with Crippen molar-refractivity contribution >= 4 is 5.91 Å². The third kappa shape index (κ3) is 3.58. The summed E-state index contributed by atoms with van der Waals surface area (Å²) in [5.74, 6) is -0.411. The van der Waals surface area contributed by atoms with E-state index in [1.54, 1.807) is 30.3 Å². The summed E-state index contributed by atoms with van der Waals surface area (Å²) >= 11 is 0. The van der Waals surface area contributed by atoms with Gasteiger partial charge in [-0.05, 0) is 12.1 Å². The zero-order valence-corrected chi connectivity index (χ0v) is 8.77. The van der Waals surface area contributed by atoms with Gasteiger partial charge in [0, 0.05) is 18.7 Å². The van der Waals surface area contributed by atoms with Crippen LogP contribution in [-0.4, -0.2) is 36.9 Å². The number of halogens is 2. The lowest BCUT2D eigenvalue weighted by Crippen LogP contribution is -2.38. The van der Waals surface area contributed by atoms with Gasteiger partial charge in [0.25, 0.3) is 12.3 Å². The molecule has 0 unspecified atom stereocenters. The summed E-state index contributed by atoms with van der Waals surface area (Å²) in [5, 5.41) is 0. The molecule has 0 spiro atoms. The van der Waals surface area contributed by atoms with E-state index in [0.29, 0.717) is 5.56 Å². The average Bonchev–Trinajstić information content (AvgIpc) is 2.28. The molecule has 1 rings (SSSR count). The Bertz CT molecular complexity index is 330. The second-order valence-electron chi connectivity index (χ2n) is 3.30. The fourth-order valence-corrected chi connectivity index (χ4v) is 1.36. The van der Waals surface area contributed by atoms with Crippen molar-refractivity contribution in [3.63, 3.8) is 0 Å². The van der Waals surface area contributed by atoms with Crippen LogP contribution in [0, 0.1) is 0 Å². The molecule has 0 radical (unpaired) electrons. The van der Waals surface area contributed by atoms with Crippen LogP contribution in [-0.2, 0) is 0 Å². The monoisotopic (exact) mass is 228 g/mol. The molecule has 0 saturated carbocycles. The molecule has 0 aliphatic heterocycles. The maximum absolute atomic E-state index is 12.2. The molecule has 5 heteroatoms. The highest BCUT2D eigenvalue weighted by molar-refractivity contribution is 5.94. The largest absolute Gasteiger partial charge is 0.332 e. The lowest BCUT2D eigenvalue weighted by atomic mass is 10.2. The highest BCUT2D eigenvalue weighted by atomic mass is 19.3. The Hall–Kier alpha value is -1.49. The number of alkyl halides is 2. The van der Waals surface area contributed by atoms with Gasteiger partial charge in [-0.25, -0.2) is 8.78 Å². The zero-order valence-electron chi connectivity index (χ0n) is 8.77. The van der Waals surface area contributed by atoms with Crippen molar-refractivity contribution in [2.75, 3.05) is 19.6 Å². The Morgan fingerprint density at radius 1 is 1.31 bits per heavy atom. The molecule has 0 aliphatic rings. The Morgan fingerprint density at radius 3 is 2.44 bits per heavy atom. The van der Waals surface area contributed by atoms with Gasteiger partial charge in [0.2, 0.25) is 0 Å². The van der Waals surface area contributed by atoms with Gasteiger partial charge < -0.3 is 10.6 Å². The molecule has 0 fully saturated rings. The van der Waals surface area contributed by atoms with Crippen molar-refractivity contribution in [2.24, 2.45) is 5.73 Å². The predicted molar refractivity (Wildman–Crippen MR) is 57.4 cm³/mol. The molecule has 0 heterocycles. The first-order valence-electron chi connectivity index (χ1n) is 4.97. The number of carbonyl (C=O) groups excluding carboxylic acids is 1. The van der Waals surface area contributed by atoms with E-state index >= 15 is 0 Å². The average molecular weight is 228 g/mol.